The highest BCUT2D eigenvalue weighted by atomic mass is 19.3. The Hall–Kier alpha value is -2.96. The van der Waals surface area contributed by atoms with Gasteiger partial charge in [0.15, 0.2) is 12.2 Å². The number of halogens is 2. The van der Waals surface area contributed by atoms with Crippen molar-refractivity contribution in [1.29, 1.82) is 5.41 Å². The lowest BCUT2D eigenvalue weighted by molar-refractivity contribution is -0.323. The molecule has 0 aromatic carbocycles. The lowest BCUT2D eigenvalue weighted by Gasteiger charge is -2.28. The molecule has 1 saturated heterocycles. The van der Waals surface area contributed by atoms with Gasteiger partial charge < -0.3 is 19.1 Å². The van der Waals surface area contributed by atoms with Gasteiger partial charge >= 0.3 is 25.6 Å². The van der Waals surface area contributed by atoms with Gasteiger partial charge in [0, 0.05) is 11.6 Å². The Balaban J connectivity index is 1.90. The molecule has 1 unspecified atom stereocenters. The zero-order chi connectivity index (χ0) is 18.9. The highest BCUT2D eigenvalue weighted by Gasteiger charge is 2.53. The van der Waals surface area contributed by atoms with Crippen LogP contribution in [0.1, 0.15) is 5.76 Å². The molecule has 1 aromatic heterocycles. The number of oxazole rings is 1. The van der Waals surface area contributed by atoms with Crippen LogP contribution in [-0.4, -0.2) is 70.7 Å². The van der Waals surface area contributed by atoms with Crippen LogP contribution in [0, 0.1) is 5.41 Å². The fourth-order valence-electron chi connectivity index (χ4n) is 2.78. The van der Waals surface area contributed by atoms with Crippen molar-refractivity contribution in [3.63, 3.8) is 0 Å². The first kappa shape index (κ1) is 17.9. The number of rotatable bonds is 8. The summed E-state index contributed by atoms with van der Waals surface area (Å²) in [7, 11) is 1.27. The van der Waals surface area contributed by atoms with E-state index in [4.69, 9.17) is 19.6 Å². The number of aromatic nitrogens is 1. The van der Waals surface area contributed by atoms with Crippen LogP contribution >= 0.6 is 0 Å². The number of urea groups is 1. The fourth-order valence-corrected chi connectivity index (χ4v) is 2.78. The standard InChI is InChI=1S/C13H12BF2N4O6/c15-13(16,11(21)22)26-20-9-4-19(12(20)23)7(2-14-25-5-17)1-8(9)10-3-18-6-24-10/h1,3,5-7,9,17H,2,4H2,(H,21,22)/t7-,9?/m0/s1. The largest absolute Gasteiger partial charge is 0.556 e. The van der Waals surface area contributed by atoms with Crippen LogP contribution in [0.3, 0.4) is 0 Å². The Kier molecular flexibility index (Phi) is 4.63. The number of carbonyl (C=O) groups excluding carboxylic acids is 1. The number of hydroxylamine groups is 2. The molecule has 3 heterocycles. The quantitative estimate of drug-likeness (QED) is 0.300. The maximum absolute atomic E-state index is 13.5. The van der Waals surface area contributed by atoms with Gasteiger partial charge in [0.2, 0.25) is 0 Å². The molecule has 10 nitrogen and oxygen atoms in total. The van der Waals surface area contributed by atoms with E-state index in [1.54, 1.807) is 6.08 Å². The maximum Gasteiger partial charge on any atom is 0.476 e. The Bertz CT molecular complexity index is 743. The average molecular weight is 369 g/mol. The van der Waals surface area contributed by atoms with Crippen molar-refractivity contribution in [1.82, 2.24) is 14.9 Å². The van der Waals surface area contributed by atoms with Gasteiger partial charge in [-0.15, -0.1) is 0 Å². The number of carboxylic acid groups (broad SMARTS) is 1. The second-order valence-corrected chi connectivity index (χ2v) is 5.40. The van der Waals surface area contributed by atoms with Crippen LogP contribution in [0.25, 0.3) is 5.57 Å². The molecule has 26 heavy (non-hydrogen) atoms. The molecule has 2 aliphatic heterocycles. The van der Waals surface area contributed by atoms with Crippen molar-refractivity contribution < 1.29 is 37.4 Å². The molecule has 2 amide bonds. The van der Waals surface area contributed by atoms with E-state index >= 15 is 0 Å². The normalized spacial score (nSPS) is 22.2. The number of carboxylic acids is 1. The van der Waals surface area contributed by atoms with Crippen LogP contribution in [-0.2, 0) is 14.3 Å². The summed E-state index contributed by atoms with van der Waals surface area (Å²) >= 11 is 0. The summed E-state index contributed by atoms with van der Waals surface area (Å²) in [5, 5.41) is 15.7. The van der Waals surface area contributed by atoms with E-state index < -0.39 is 30.2 Å². The van der Waals surface area contributed by atoms with E-state index in [9.17, 15) is 18.4 Å². The third-order valence-corrected chi connectivity index (χ3v) is 3.90. The minimum absolute atomic E-state index is 0.0236. The summed E-state index contributed by atoms with van der Waals surface area (Å²) in [6, 6.07) is -2.51. The number of hydrogen-bond acceptors (Lipinski definition) is 7. The summed E-state index contributed by atoms with van der Waals surface area (Å²) in [5.74, 6) is -2.29. The number of nitrogens with one attached hydrogen (secondary N) is 1. The average Bonchev–Trinajstić information content (AvgIpc) is 3.21. The summed E-state index contributed by atoms with van der Waals surface area (Å²) in [6.45, 7) is -0.0236. The van der Waals surface area contributed by atoms with Crippen LogP contribution in [0.4, 0.5) is 13.6 Å². The number of fused-ring (bicyclic) bond motifs is 2. The fraction of sp³-hybridized carbons (Fsp3) is 0.385. The van der Waals surface area contributed by atoms with Gasteiger partial charge in [-0.25, -0.2) is 14.6 Å². The summed E-state index contributed by atoms with van der Waals surface area (Å²) < 4.78 is 36.9. The lowest BCUT2D eigenvalue weighted by atomic mass is 9.85. The smallest absolute Gasteiger partial charge is 0.476 e. The molecule has 0 spiro atoms. The molecule has 1 fully saturated rings. The molecule has 2 atom stereocenters. The first-order valence-corrected chi connectivity index (χ1v) is 7.32. The van der Waals surface area contributed by atoms with E-state index in [-0.39, 0.29) is 18.6 Å². The van der Waals surface area contributed by atoms with Gasteiger partial charge in [0.05, 0.1) is 12.7 Å². The van der Waals surface area contributed by atoms with Crippen LogP contribution in [0.5, 0.6) is 0 Å². The highest BCUT2D eigenvalue weighted by molar-refractivity contribution is 6.29. The molecule has 2 aliphatic rings. The van der Waals surface area contributed by atoms with E-state index in [0.29, 0.717) is 17.0 Å². The third kappa shape index (κ3) is 3.12. The molecular formula is C13H12BF2N4O6. The first-order valence-electron chi connectivity index (χ1n) is 7.32. The van der Waals surface area contributed by atoms with Crippen LogP contribution in [0.15, 0.2) is 23.1 Å². The van der Waals surface area contributed by atoms with Crippen molar-refractivity contribution >= 4 is 31.5 Å². The Labute approximate surface area is 145 Å². The zero-order valence-electron chi connectivity index (χ0n) is 13.0. The van der Waals surface area contributed by atoms with Crippen molar-refractivity contribution in [3.05, 3.63) is 24.4 Å². The predicted octanol–water partition coefficient (Wildman–Crippen LogP) is 0.817. The molecule has 13 heteroatoms. The molecule has 1 radical (unpaired) electrons. The number of nitrogens with zero attached hydrogens (tertiary/aromatic N) is 3. The Morgan fingerprint density at radius 3 is 3.00 bits per heavy atom. The molecule has 2 N–H and O–H groups in total. The zero-order valence-corrected chi connectivity index (χ0v) is 13.0. The number of aliphatic carboxylic acids is 1. The van der Waals surface area contributed by atoms with Crippen molar-refractivity contribution in [2.24, 2.45) is 0 Å². The van der Waals surface area contributed by atoms with Gasteiger partial charge in [0.1, 0.15) is 12.4 Å². The lowest BCUT2D eigenvalue weighted by Crippen LogP contribution is -2.44. The summed E-state index contributed by atoms with van der Waals surface area (Å²) in [6.07, 6.45) is 0.350. The number of alkyl halides is 2. The predicted molar refractivity (Wildman–Crippen MR) is 80.1 cm³/mol. The number of amides is 2. The molecule has 1 aromatic rings. The van der Waals surface area contributed by atoms with E-state index in [1.807, 2.05) is 0 Å². The van der Waals surface area contributed by atoms with Gasteiger partial charge in [0.25, 0.3) is 0 Å². The van der Waals surface area contributed by atoms with Crippen molar-refractivity contribution in [2.45, 2.75) is 24.5 Å². The van der Waals surface area contributed by atoms with Gasteiger partial charge in [-0.1, -0.05) is 6.08 Å². The third-order valence-electron chi connectivity index (χ3n) is 3.90. The van der Waals surface area contributed by atoms with Crippen molar-refractivity contribution in [2.75, 3.05) is 6.54 Å². The first-order chi connectivity index (χ1) is 12.3. The van der Waals surface area contributed by atoms with Gasteiger partial charge in [-0.05, 0) is 6.32 Å². The number of carbonyl (C=O) groups is 2. The second kappa shape index (κ2) is 6.75. The molecule has 0 aliphatic carbocycles. The molecule has 2 bridgehead atoms. The van der Waals surface area contributed by atoms with E-state index in [2.05, 4.69) is 9.82 Å². The second-order valence-electron chi connectivity index (χ2n) is 5.40. The Morgan fingerprint density at radius 2 is 2.38 bits per heavy atom. The molecular weight excluding hydrogens is 357 g/mol. The summed E-state index contributed by atoms with van der Waals surface area (Å²) in [5.41, 5.74) is 0.346. The monoisotopic (exact) mass is 369 g/mol. The number of hydrogen-bond donors (Lipinski definition) is 2. The van der Waals surface area contributed by atoms with Crippen LogP contribution in [0.2, 0.25) is 6.32 Å². The molecule has 3 rings (SSSR count). The van der Waals surface area contributed by atoms with Gasteiger partial charge in [-0.3, -0.25) is 5.41 Å². The Morgan fingerprint density at radius 1 is 1.62 bits per heavy atom. The SMILES string of the molecule is N=CO[B]C[C@@H]1C=C(c2cnco2)C2CN1C(=O)N2OC(F)(F)C(=O)O. The molecule has 137 valence electrons. The topological polar surface area (TPSA) is 129 Å². The summed E-state index contributed by atoms with van der Waals surface area (Å²) in [4.78, 5) is 32.3. The highest BCUT2D eigenvalue weighted by Crippen LogP contribution is 2.38. The van der Waals surface area contributed by atoms with E-state index in [0.717, 1.165) is 6.39 Å². The van der Waals surface area contributed by atoms with Crippen LogP contribution < -0.4 is 0 Å². The van der Waals surface area contributed by atoms with E-state index in [1.165, 1.54) is 18.6 Å². The minimum Gasteiger partial charge on any atom is -0.556 e. The van der Waals surface area contributed by atoms with Gasteiger partial charge in [-0.2, -0.15) is 18.7 Å². The maximum atomic E-state index is 13.5. The minimum atomic E-state index is -4.58. The van der Waals surface area contributed by atoms with Crippen molar-refractivity contribution in [3.8, 4) is 0 Å². The molecule has 0 saturated carbocycles.